The summed E-state index contributed by atoms with van der Waals surface area (Å²) >= 11 is 0. The molecule has 1 aromatic carbocycles. The van der Waals surface area contributed by atoms with Crippen LogP contribution in [-0.4, -0.2) is 0 Å². The van der Waals surface area contributed by atoms with Crippen molar-refractivity contribution >= 4 is 0 Å². The summed E-state index contributed by atoms with van der Waals surface area (Å²) in [7, 11) is 0. The van der Waals surface area contributed by atoms with Crippen molar-refractivity contribution in [3.8, 4) is 0 Å². The Morgan fingerprint density at radius 1 is 0.706 bits per heavy atom. The van der Waals surface area contributed by atoms with Crippen molar-refractivity contribution in [1.29, 1.82) is 0 Å². The molecule has 0 aliphatic carbocycles. The first-order valence-electron chi connectivity index (χ1n) is 5.97. The molecule has 1 rings (SSSR count). The minimum Gasteiger partial charge on any atom is -0.166 e. The van der Waals surface area contributed by atoms with Crippen LogP contribution in [0.1, 0.15) is 49.9 Å². The average Bonchev–Trinajstić information content (AvgIpc) is 2.27. The van der Waals surface area contributed by atoms with Crippen molar-refractivity contribution in [2.45, 2.75) is 54.6 Å². The number of rotatable bonds is 0. The molecule has 0 aromatic heterocycles. The fraction of sp³-hybridized carbons (Fsp3) is 0.571. The lowest BCUT2D eigenvalue weighted by Gasteiger charge is -2.12. The molecule has 0 aliphatic rings. The van der Waals surface area contributed by atoms with Crippen molar-refractivity contribution in [2.75, 3.05) is 0 Å². The Balaban J connectivity index is 0. The minimum atomic E-state index is -4.23. The number of hydrogen-bond donors (Lipinski definition) is 0. The van der Waals surface area contributed by atoms with E-state index in [1.165, 1.54) is 13.0 Å². The lowest BCUT2D eigenvalue weighted by atomic mass is 10.0. The molecule has 0 N–H and O–H groups in total. The third-order valence-electron chi connectivity index (χ3n) is 2.15. The first-order valence-corrected chi connectivity index (χ1v) is 5.97. The van der Waals surface area contributed by atoms with Gasteiger partial charge in [0.25, 0.3) is 0 Å². The highest BCUT2D eigenvalue weighted by Crippen LogP contribution is 2.33. The Morgan fingerprint density at radius 3 is 1.41 bits per heavy atom. The molecular formula is C14H23F3. The quantitative estimate of drug-likeness (QED) is 0.554. The summed E-state index contributed by atoms with van der Waals surface area (Å²) in [6.45, 7) is 13.0. The van der Waals surface area contributed by atoms with E-state index in [4.69, 9.17) is 0 Å². The summed E-state index contributed by atoms with van der Waals surface area (Å²) in [4.78, 5) is 0. The summed E-state index contributed by atoms with van der Waals surface area (Å²) in [6, 6.07) is 2.77. The molecule has 0 saturated carbocycles. The summed E-state index contributed by atoms with van der Waals surface area (Å²) in [5, 5.41) is 0. The first kappa shape index (κ1) is 18.4. The van der Waals surface area contributed by atoms with Crippen LogP contribution in [0.2, 0.25) is 0 Å². The van der Waals surface area contributed by atoms with Crippen molar-refractivity contribution in [1.82, 2.24) is 0 Å². The Kier molecular flexibility index (Phi) is 8.81. The van der Waals surface area contributed by atoms with E-state index in [0.717, 1.165) is 5.56 Å². The number of alkyl halides is 3. The zero-order chi connectivity index (χ0) is 14.2. The van der Waals surface area contributed by atoms with Gasteiger partial charge in [-0.05, 0) is 43.5 Å². The van der Waals surface area contributed by atoms with E-state index in [2.05, 4.69) is 0 Å². The van der Waals surface area contributed by atoms with Gasteiger partial charge >= 0.3 is 6.18 Å². The van der Waals surface area contributed by atoms with Crippen LogP contribution in [0.15, 0.2) is 12.1 Å². The van der Waals surface area contributed by atoms with Gasteiger partial charge in [0.15, 0.2) is 0 Å². The van der Waals surface area contributed by atoms with Crippen molar-refractivity contribution in [3.63, 3.8) is 0 Å². The van der Waals surface area contributed by atoms with Gasteiger partial charge in [0.05, 0.1) is 5.56 Å². The molecule has 17 heavy (non-hydrogen) atoms. The van der Waals surface area contributed by atoms with E-state index >= 15 is 0 Å². The molecule has 0 nitrogen and oxygen atoms in total. The molecule has 3 heteroatoms. The van der Waals surface area contributed by atoms with Gasteiger partial charge in [-0.25, -0.2) is 0 Å². The predicted molar refractivity (Wildman–Crippen MR) is 68.4 cm³/mol. The second-order valence-corrected chi connectivity index (χ2v) is 3.25. The number of halogens is 3. The van der Waals surface area contributed by atoms with Gasteiger partial charge in [-0.15, -0.1) is 0 Å². The van der Waals surface area contributed by atoms with Crippen LogP contribution in [0.4, 0.5) is 13.2 Å². The number of benzene rings is 1. The predicted octanol–water partition coefficient (Wildman–Crippen LogP) is 5.68. The molecule has 0 amide bonds. The maximum Gasteiger partial charge on any atom is 0.416 e. The average molecular weight is 248 g/mol. The van der Waals surface area contributed by atoms with Crippen LogP contribution >= 0.6 is 0 Å². The standard InChI is InChI=1S/C10H11F3.2C2H6/c1-6-4-8(3)9(5-7(6)2)10(11,12)13;2*1-2/h4-5H,1-3H3;2*1-2H3. The smallest absolute Gasteiger partial charge is 0.166 e. The minimum absolute atomic E-state index is 0.288. The number of aryl methyl sites for hydroxylation is 3. The summed E-state index contributed by atoms with van der Waals surface area (Å²) in [6.07, 6.45) is -4.23. The van der Waals surface area contributed by atoms with Crippen molar-refractivity contribution < 1.29 is 13.2 Å². The van der Waals surface area contributed by atoms with E-state index in [9.17, 15) is 13.2 Å². The third kappa shape index (κ3) is 5.76. The lowest BCUT2D eigenvalue weighted by Crippen LogP contribution is -2.08. The van der Waals surface area contributed by atoms with Crippen molar-refractivity contribution in [3.05, 3.63) is 34.4 Å². The zero-order valence-corrected chi connectivity index (χ0v) is 11.8. The molecule has 1 aromatic rings. The van der Waals surface area contributed by atoms with Crippen LogP contribution < -0.4 is 0 Å². The van der Waals surface area contributed by atoms with Gasteiger partial charge in [0.1, 0.15) is 0 Å². The third-order valence-corrected chi connectivity index (χ3v) is 2.15. The first-order chi connectivity index (χ1) is 7.82. The molecule has 0 saturated heterocycles. The maximum absolute atomic E-state index is 12.4. The SMILES string of the molecule is CC.CC.Cc1cc(C)c(C(F)(F)F)cc1C. The van der Waals surface area contributed by atoms with E-state index < -0.39 is 11.7 Å². The summed E-state index contributed by atoms with van der Waals surface area (Å²) < 4.78 is 37.1. The highest BCUT2D eigenvalue weighted by molar-refractivity contribution is 5.37. The van der Waals surface area contributed by atoms with Crippen LogP contribution in [0.25, 0.3) is 0 Å². The fourth-order valence-corrected chi connectivity index (χ4v) is 1.27. The van der Waals surface area contributed by atoms with Gasteiger partial charge in [0, 0.05) is 0 Å². The summed E-state index contributed by atoms with van der Waals surface area (Å²) in [5.41, 5.74) is 1.33. The van der Waals surface area contributed by atoms with Crippen LogP contribution in [0.3, 0.4) is 0 Å². The van der Waals surface area contributed by atoms with Crippen molar-refractivity contribution in [2.24, 2.45) is 0 Å². The molecule has 0 radical (unpaired) electrons. The normalized spacial score (nSPS) is 9.76. The van der Waals surface area contributed by atoms with E-state index in [0.29, 0.717) is 5.56 Å². The van der Waals surface area contributed by atoms with Gasteiger partial charge < -0.3 is 0 Å². The van der Waals surface area contributed by atoms with Gasteiger partial charge in [-0.1, -0.05) is 33.8 Å². The molecule has 0 heterocycles. The Bertz CT molecular complexity index is 325. The van der Waals surface area contributed by atoms with E-state index in [1.54, 1.807) is 13.0 Å². The molecule has 100 valence electrons. The molecule has 0 atom stereocenters. The molecule has 0 aliphatic heterocycles. The van der Waals surface area contributed by atoms with Gasteiger partial charge in [-0.3, -0.25) is 0 Å². The Labute approximate surface area is 103 Å². The topological polar surface area (TPSA) is 0 Å². The highest BCUT2D eigenvalue weighted by atomic mass is 19.4. The molecular weight excluding hydrogens is 225 g/mol. The fourth-order valence-electron chi connectivity index (χ4n) is 1.27. The lowest BCUT2D eigenvalue weighted by molar-refractivity contribution is -0.138. The largest absolute Gasteiger partial charge is 0.416 e. The second-order valence-electron chi connectivity index (χ2n) is 3.25. The Morgan fingerprint density at radius 2 is 1.06 bits per heavy atom. The second kappa shape index (κ2) is 8.15. The molecule has 0 unspecified atom stereocenters. The van der Waals surface area contributed by atoms with E-state index in [-0.39, 0.29) is 5.56 Å². The van der Waals surface area contributed by atoms with Gasteiger partial charge in [0.2, 0.25) is 0 Å². The zero-order valence-electron chi connectivity index (χ0n) is 11.8. The molecule has 0 fully saturated rings. The van der Waals surface area contributed by atoms with Gasteiger partial charge in [-0.2, -0.15) is 13.2 Å². The monoisotopic (exact) mass is 248 g/mol. The molecule has 0 bridgehead atoms. The van der Waals surface area contributed by atoms with E-state index in [1.807, 2.05) is 34.6 Å². The van der Waals surface area contributed by atoms with Crippen LogP contribution in [-0.2, 0) is 6.18 Å². The maximum atomic E-state index is 12.4. The van der Waals surface area contributed by atoms with Crippen LogP contribution in [0.5, 0.6) is 0 Å². The van der Waals surface area contributed by atoms with Crippen LogP contribution in [0, 0.1) is 20.8 Å². The summed E-state index contributed by atoms with van der Waals surface area (Å²) in [5.74, 6) is 0. The molecule has 0 spiro atoms. The Hall–Kier alpha value is -0.990. The number of hydrogen-bond acceptors (Lipinski definition) is 0. The highest BCUT2D eigenvalue weighted by Gasteiger charge is 2.32.